The van der Waals surface area contributed by atoms with Crippen LogP contribution in [0.5, 0.6) is 5.75 Å². The predicted octanol–water partition coefficient (Wildman–Crippen LogP) is 4.94. The van der Waals surface area contributed by atoms with Crippen molar-refractivity contribution in [3.63, 3.8) is 0 Å². The van der Waals surface area contributed by atoms with E-state index in [1.165, 1.54) is 6.07 Å². The van der Waals surface area contributed by atoms with Crippen LogP contribution in [0, 0.1) is 20.8 Å². The molecule has 6 heteroatoms. The molecule has 0 aliphatic carbocycles. The van der Waals surface area contributed by atoms with Gasteiger partial charge >= 0.3 is 0 Å². The van der Waals surface area contributed by atoms with Crippen LogP contribution in [0.15, 0.2) is 70.2 Å². The van der Waals surface area contributed by atoms with Crippen molar-refractivity contribution in [2.75, 3.05) is 5.32 Å². The van der Waals surface area contributed by atoms with Gasteiger partial charge in [-0.1, -0.05) is 18.2 Å². The molecule has 2 N–H and O–H groups in total. The van der Waals surface area contributed by atoms with Crippen molar-refractivity contribution in [3.8, 4) is 5.75 Å². The van der Waals surface area contributed by atoms with E-state index < -0.39 is 0 Å². The van der Waals surface area contributed by atoms with Crippen LogP contribution < -0.4 is 10.9 Å². The average Bonchev–Trinajstić information content (AvgIpc) is 2.72. The number of phenolic OH excluding ortho intramolecular Hbond substituents is 1. The zero-order valence-corrected chi connectivity index (χ0v) is 16.9. The van der Waals surface area contributed by atoms with Crippen LogP contribution in [0.3, 0.4) is 0 Å². The van der Waals surface area contributed by atoms with Gasteiger partial charge in [0.25, 0.3) is 5.91 Å². The van der Waals surface area contributed by atoms with Gasteiger partial charge < -0.3 is 14.8 Å². The molecule has 0 bridgehead atoms. The Kier molecular flexibility index (Phi) is 5.06. The number of anilines is 1. The number of carbonyl (C=O) groups excluding carboxylic acids is 1. The van der Waals surface area contributed by atoms with E-state index in [1.807, 2.05) is 45.0 Å². The standard InChI is InChI=1S/C24H21N3O3/c1-14-7-10-22(25-13-14)27-23(29)19-11-17-8-9-18(28)12-21(17)30-24(19)26-20-6-4-5-15(2)16(20)3/h4-13,28H,1-3H3,(H,25,27,29). The Balaban J connectivity index is 1.88. The topological polar surface area (TPSA) is 87.7 Å². The third-order valence-corrected chi connectivity index (χ3v) is 4.93. The molecule has 30 heavy (non-hydrogen) atoms. The number of phenols is 1. The molecule has 0 spiro atoms. The lowest BCUT2D eigenvalue weighted by atomic mass is 10.1. The second-order valence-corrected chi connectivity index (χ2v) is 7.19. The summed E-state index contributed by atoms with van der Waals surface area (Å²) in [6.07, 6.45) is 1.69. The molecule has 0 radical (unpaired) electrons. The molecule has 2 aromatic heterocycles. The number of aromatic nitrogens is 1. The normalized spacial score (nSPS) is 11.6. The molecule has 2 aromatic carbocycles. The molecule has 0 atom stereocenters. The molecule has 4 rings (SSSR count). The minimum absolute atomic E-state index is 0.0741. The highest BCUT2D eigenvalue weighted by Gasteiger charge is 2.14. The second kappa shape index (κ2) is 7.83. The van der Waals surface area contributed by atoms with Crippen molar-refractivity contribution >= 4 is 28.4 Å². The van der Waals surface area contributed by atoms with E-state index in [0.717, 1.165) is 16.7 Å². The monoisotopic (exact) mass is 399 g/mol. The Morgan fingerprint density at radius 3 is 2.67 bits per heavy atom. The van der Waals surface area contributed by atoms with Crippen LogP contribution in [-0.2, 0) is 0 Å². The van der Waals surface area contributed by atoms with Gasteiger partial charge in [0, 0.05) is 17.6 Å². The zero-order valence-electron chi connectivity index (χ0n) is 16.9. The van der Waals surface area contributed by atoms with E-state index in [0.29, 0.717) is 22.5 Å². The molecule has 0 unspecified atom stereocenters. The minimum Gasteiger partial charge on any atom is -0.508 e. The maximum atomic E-state index is 13.1. The summed E-state index contributed by atoms with van der Waals surface area (Å²) in [7, 11) is 0. The highest BCUT2D eigenvalue weighted by atomic mass is 16.3. The summed E-state index contributed by atoms with van der Waals surface area (Å²) in [6, 6.07) is 15.8. The lowest BCUT2D eigenvalue weighted by Gasteiger charge is -2.08. The first-order valence-electron chi connectivity index (χ1n) is 9.52. The Bertz CT molecular complexity index is 1320. The van der Waals surface area contributed by atoms with Crippen molar-refractivity contribution in [1.29, 1.82) is 0 Å². The third kappa shape index (κ3) is 3.93. The summed E-state index contributed by atoms with van der Waals surface area (Å²) in [5.41, 5.74) is 4.66. The van der Waals surface area contributed by atoms with Gasteiger partial charge in [-0.15, -0.1) is 0 Å². The molecule has 0 saturated heterocycles. The molecular weight excluding hydrogens is 378 g/mol. The van der Waals surface area contributed by atoms with Crippen molar-refractivity contribution in [2.45, 2.75) is 20.8 Å². The van der Waals surface area contributed by atoms with Gasteiger partial charge in [-0.2, -0.15) is 0 Å². The van der Waals surface area contributed by atoms with E-state index in [-0.39, 0.29) is 22.8 Å². The first kappa shape index (κ1) is 19.4. The van der Waals surface area contributed by atoms with Gasteiger partial charge in [0.1, 0.15) is 22.7 Å². The van der Waals surface area contributed by atoms with Gasteiger partial charge in [0.05, 0.1) is 5.69 Å². The molecule has 0 saturated carbocycles. The van der Waals surface area contributed by atoms with Gasteiger partial charge in [-0.25, -0.2) is 9.98 Å². The van der Waals surface area contributed by atoms with Crippen molar-refractivity contribution < 1.29 is 14.3 Å². The lowest BCUT2D eigenvalue weighted by molar-refractivity contribution is 0.102. The van der Waals surface area contributed by atoms with E-state index in [9.17, 15) is 9.90 Å². The average molecular weight is 399 g/mol. The molecule has 4 aromatic rings. The molecule has 0 aliphatic heterocycles. The molecule has 2 heterocycles. The van der Waals surface area contributed by atoms with Crippen molar-refractivity contribution in [1.82, 2.24) is 4.98 Å². The number of nitrogens with one attached hydrogen (secondary N) is 1. The lowest BCUT2D eigenvalue weighted by Crippen LogP contribution is -2.22. The number of benzene rings is 2. The van der Waals surface area contributed by atoms with Crippen molar-refractivity contribution in [3.05, 3.63) is 88.6 Å². The Hall–Kier alpha value is -3.93. The van der Waals surface area contributed by atoms with Crippen LogP contribution in [0.1, 0.15) is 27.0 Å². The molecular formula is C24H21N3O3. The number of pyridine rings is 1. The fourth-order valence-corrected chi connectivity index (χ4v) is 3.04. The highest BCUT2D eigenvalue weighted by Crippen LogP contribution is 2.23. The zero-order chi connectivity index (χ0) is 21.3. The number of aromatic hydroxyl groups is 1. The summed E-state index contributed by atoms with van der Waals surface area (Å²) in [4.78, 5) is 21.9. The smallest absolute Gasteiger partial charge is 0.262 e. The van der Waals surface area contributed by atoms with Crippen LogP contribution in [0.4, 0.5) is 11.5 Å². The number of amides is 1. The maximum Gasteiger partial charge on any atom is 0.262 e. The first-order valence-corrected chi connectivity index (χ1v) is 9.52. The molecule has 0 fully saturated rings. The van der Waals surface area contributed by atoms with Crippen molar-refractivity contribution in [2.24, 2.45) is 4.99 Å². The predicted molar refractivity (Wildman–Crippen MR) is 116 cm³/mol. The number of hydrogen-bond donors (Lipinski definition) is 2. The van der Waals surface area contributed by atoms with Gasteiger partial charge in [0.2, 0.25) is 5.55 Å². The number of nitrogens with zero attached hydrogens (tertiary/aromatic N) is 2. The fourth-order valence-electron chi connectivity index (χ4n) is 3.04. The third-order valence-electron chi connectivity index (χ3n) is 4.93. The first-order chi connectivity index (χ1) is 14.4. The van der Waals surface area contributed by atoms with E-state index >= 15 is 0 Å². The second-order valence-electron chi connectivity index (χ2n) is 7.19. The summed E-state index contributed by atoms with van der Waals surface area (Å²) >= 11 is 0. The minimum atomic E-state index is -0.380. The summed E-state index contributed by atoms with van der Waals surface area (Å²) < 4.78 is 5.94. The van der Waals surface area contributed by atoms with Crippen LogP contribution in [0.25, 0.3) is 11.0 Å². The molecule has 6 nitrogen and oxygen atoms in total. The Labute approximate surface area is 173 Å². The largest absolute Gasteiger partial charge is 0.508 e. The van der Waals surface area contributed by atoms with Gasteiger partial charge in [-0.05, 0) is 67.8 Å². The molecule has 150 valence electrons. The number of aryl methyl sites for hydroxylation is 2. The number of carbonyl (C=O) groups is 1. The summed E-state index contributed by atoms with van der Waals surface area (Å²) in [5, 5.41) is 13.3. The Morgan fingerprint density at radius 2 is 1.90 bits per heavy atom. The van der Waals surface area contributed by atoms with Crippen LogP contribution in [0.2, 0.25) is 0 Å². The van der Waals surface area contributed by atoms with E-state index in [2.05, 4.69) is 15.3 Å². The fraction of sp³-hybridized carbons (Fsp3) is 0.125. The number of rotatable bonds is 3. The van der Waals surface area contributed by atoms with E-state index in [1.54, 1.807) is 30.5 Å². The maximum absolute atomic E-state index is 13.1. The summed E-state index contributed by atoms with van der Waals surface area (Å²) in [5.74, 6) is 0.133. The quantitative estimate of drug-likeness (QED) is 0.511. The van der Waals surface area contributed by atoms with Crippen LogP contribution >= 0.6 is 0 Å². The van der Waals surface area contributed by atoms with Gasteiger partial charge in [-0.3, -0.25) is 4.79 Å². The van der Waals surface area contributed by atoms with E-state index in [4.69, 9.17) is 4.42 Å². The summed E-state index contributed by atoms with van der Waals surface area (Å²) in [6.45, 7) is 5.90. The number of fused-ring (bicyclic) bond motifs is 1. The molecule has 0 aliphatic rings. The SMILES string of the molecule is Cc1ccc(NC(=O)c2cc3ccc(O)cc3oc2=Nc2cccc(C)c2C)nc1. The van der Waals surface area contributed by atoms with Gasteiger partial charge in [0.15, 0.2) is 0 Å². The Morgan fingerprint density at radius 1 is 1.07 bits per heavy atom. The number of hydrogen-bond acceptors (Lipinski definition) is 5. The highest BCUT2D eigenvalue weighted by molar-refractivity contribution is 6.05. The molecule has 1 amide bonds. The van der Waals surface area contributed by atoms with Crippen LogP contribution in [-0.4, -0.2) is 16.0 Å².